The lowest BCUT2D eigenvalue weighted by atomic mass is 10.1. The second kappa shape index (κ2) is 6.24. The maximum atomic E-state index is 6.27. The molecule has 0 bridgehead atoms. The van der Waals surface area contributed by atoms with Gasteiger partial charge in [0.15, 0.2) is 5.58 Å². The van der Waals surface area contributed by atoms with Crippen molar-refractivity contribution >= 4 is 40.3 Å². The highest BCUT2D eigenvalue weighted by molar-refractivity contribution is 6.32. The predicted molar refractivity (Wildman–Crippen MR) is 96.9 cm³/mol. The van der Waals surface area contributed by atoms with Crippen molar-refractivity contribution in [2.24, 2.45) is 0 Å². The summed E-state index contributed by atoms with van der Waals surface area (Å²) in [5, 5.41) is 4.55. The largest absolute Gasteiger partial charge is 0.423 e. The smallest absolute Gasteiger partial charge is 0.298 e. The number of piperazine rings is 1. The Morgan fingerprint density at radius 2 is 2.12 bits per heavy atom. The van der Waals surface area contributed by atoms with Gasteiger partial charge in [0.05, 0.1) is 10.7 Å². The molecule has 1 unspecified atom stereocenters. The summed E-state index contributed by atoms with van der Waals surface area (Å²) in [6.45, 7) is 4.83. The quantitative estimate of drug-likeness (QED) is 0.746. The number of halogens is 2. The number of rotatable bonds is 2. The van der Waals surface area contributed by atoms with E-state index in [9.17, 15) is 0 Å². The molecule has 4 rings (SSSR count). The molecule has 2 aromatic heterocycles. The van der Waals surface area contributed by atoms with Gasteiger partial charge >= 0.3 is 0 Å². The van der Waals surface area contributed by atoms with E-state index in [1.165, 1.54) is 0 Å². The lowest BCUT2D eigenvalue weighted by Gasteiger charge is -2.32. The molecule has 3 aromatic rings. The van der Waals surface area contributed by atoms with Crippen molar-refractivity contribution in [3.8, 4) is 11.3 Å². The van der Waals surface area contributed by atoms with Crippen LogP contribution < -0.4 is 10.2 Å². The van der Waals surface area contributed by atoms with E-state index in [2.05, 4.69) is 27.1 Å². The van der Waals surface area contributed by atoms with Gasteiger partial charge in [0.25, 0.3) is 6.01 Å². The van der Waals surface area contributed by atoms with Crippen LogP contribution in [0.3, 0.4) is 0 Å². The van der Waals surface area contributed by atoms with E-state index in [1.807, 2.05) is 18.2 Å². The van der Waals surface area contributed by atoms with Crippen LogP contribution >= 0.6 is 23.2 Å². The van der Waals surface area contributed by atoms with E-state index in [0.29, 0.717) is 27.7 Å². The highest BCUT2D eigenvalue weighted by atomic mass is 35.5. The van der Waals surface area contributed by atoms with E-state index >= 15 is 0 Å². The number of nitrogens with zero attached hydrogens (tertiary/aromatic N) is 3. The van der Waals surface area contributed by atoms with E-state index < -0.39 is 0 Å². The van der Waals surface area contributed by atoms with Crippen LogP contribution in [0.15, 0.2) is 34.9 Å². The molecule has 3 heterocycles. The van der Waals surface area contributed by atoms with Gasteiger partial charge in [-0.15, -0.1) is 0 Å². The first-order chi connectivity index (χ1) is 11.6. The Kier molecular flexibility index (Phi) is 4.08. The van der Waals surface area contributed by atoms with Crippen molar-refractivity contribution < 1.29 is 4.42 Å². The molecule has 0 saturated carbocycles. The molecule has 1 N–H and O–H groups in total. The molecule has 0 amide bonds. The summed E-state index contributed by atoms with van der Waals surface area (Å²) in [7, 11) is 0. The van der Waals surface area contributed by atoms with Gasteiger partial charge in [0, 0.05) is 42.5 Å². The van der Waals surface area contributed by atoms with E-state index in [4.69, 9.17) is 27.6 Å². The molecule has 5 nitrogen and oxygen atoms in total. The molecule has 1 fully saturated rings. The lowest BCUT2D eigenvalue weighted by Crippen LogP contribution is -2.50. The predicted octanol–water partition coefficient (Wildman–Crippen LogP) is 3.99. The molecule has 1 atom stereocenters. The van der Waals surface area contributed by atoms with Gasteiger partial charge in [-0.2, -0.15) is 4.98 Å². The number of benzene rings is 1. The number of oxazole rings is 1. The van der Waals surface area contributed by atoms with Crippen molar-refractivity contribution in [2.75, 3.05) is 24.5 Å². The topological polar surface area (TPSA) is 54.2 Å². The fourth-order valence-electron chi connectivity index (χ4n) is 2.96. The zero-order valence-corrected chi connectivity index (χ0v) is 14.6. The number of fused-ring (bicyclic) bond motifs is 1. The van der Waals surface area contributed by atoms with Crippen LogP contribution in [0.25, 0.3) is 22.4 Å². The number of nitrogens with one attached hydrogen (secondary N) is 1. The van der Waals surface area contributed by atoms with Crippen LogP contribution in [0.1, 0.15) is 6.92 Å². The molecular formula is C17H16Cl2N4O. The first-order valence-corrected chi connectivity index (χ1v) is 8.57. The van der Waals surface area contributed by atoms with Crippen molar-refractivity contribution in [1.82, 2.24) is 15.3 Å². The molecule has 1 aliphatic heterocycles. The summed E-state index contributed by atoms with van der Waals surface area (Å²) >= 11 is 12.2. The molecule has 1 aliphatic rings. The zero-order valence-electron chi connectivity index (χ0n) is 13.1. The second-order valence-electron chi connectivity index (χ2n) is 5.91. The molecule has 24 heavy (non-hydrogen) atoms. The molecule has 0 spiro atoms. The summed E-state index contributed by atoms with van der Waals surface area (Å²) in [5.74, 6) is 0. The van der Waals surface area contributed by atoms with Crippen LogP contribution in [0.2, 0.25) is 10.0 Å². The van der Waals surface area contributed by atoms with Crippen molar-refractivity contribution in [3.05, 3.63) is 40.5 Å². The number of hydrogen-bond donors (Lipinski definition) is 1. The van der Waals surface area contributed by atoms with Crippen molar-refractivity contribution in [3.63, 3.8) is 0 Å². The molecule has 0 radical (unpaired) electrons. The van der Waals surface area contributed by atoms with E-state index in [-0.39, 0.29) is 0 Å². The first kappa shape index (κ1) is 15.7. The Bertz CT molecular complexity index is 878. The summed E-state index contributed by atoms with van der Waals surface area (Å²) in [4.78, 5) is 11.2. The lowest BCUT2D eigenvalue weighted by molar-refractivity contribution is 0.456. The number of pyridine rings is 1. The van der Waals surface area contributed by atoms with Gasteiger partial charge in [-0.1, -0.05) is 23.2 Å². The normalized spacial score (nSPS) is 18.3. The molecular weight excluding hydrogens is 347 g/mol. The summed E-state index contributed by atoms with van der Waals surface area (Å²) in [6.07, 6.45) is 1.61. The highest BCUT2D eigenvalue weighted by Gasteiger charge is 2.24. The van der Waals surface area contributed by atoms with E-state index in [1.54, 1.807) is 12.3 Å². The number of anilines is 1. The van der Waals surface area contributed by atoms with Gasteiger partial charge < -0.3 is 14.6 Å². The number of aromatic nitrogens is 2. The average molecular weight is 363 g/mol. The van der Waals surface area contributed by atoms with Gasteiger partial charge in [-0.3, -0.25) is 4.98 Å². The summed E-state index contributed by atoms with van der Waals surface area (Å²) < 4.78 is 6.10. The van der Waals surface area contributed by atoms with Crippen LogP contribution in [-0.2, 0) is 0 Å². The minimum absolute atomic E-state index is 0.319. The third-order valence-electron chi connectivity index (χ3n) is 4.19. The summed E-state index contributed by atoms with van der Waals surface area (Å²) in [6, 6.07) is 8.25. The second-order valence-corrected chi connectivity index (χ2v) is 6.78. The number of hydrogen-bond acceptors (Lipinski definition) is 5. The maximum Gasteiger partial charge on any atom is 0.298 e. The van der Waals surface area contributed by atoms with Crippen molar-refractivity contribution in [1.29, 1.82) is 0 Å². The minimum atomic E-state index is 0.319. The fraction of sp³-hybridized carbons (Fsp3) is 0.294. The third kappa shape index (κ3) is 2.83. The Morgan fingerprint density at radius 3 is 2.88 bits per heavy atom. The standard InChI is InChI=1S/C17H16Cl2N4O/c1-10-8-20-4-5-23(10)17-22-15-7-12(19)6-13(16(15)24-17)14-3-2-11(18)9-21-14/h2-3,6-7,9-10,20H,4-5,8H2,1H3. The molecule has 1 saturated heterocycles. The molecule has 124 valence electrons. The van der Waals surface area contributed by atoms with Gasteiger partial charge in [-0.05, 0) is 31.2 Å². The maximum absolute atomic E-state index is 6.27. The molecule has 7 heteroatoms. The Hall–Kier alpha value is -1.82. The first-order valence-electron chi connectivity index (χ1n) is 7.81. The Morgan fingerprint density at radius 1 is 1.25 bits per heavy atom. The summed E-state index contributed by atoms with van der Waals surface area (Å²) in [5.41, 5.74) is 2.99. The van der Waals surface area contributed by atoms with Crippen LogP contribution in [0.4, 0.5) is 6.01 Å². The van der Waals surface area contributed by atoms with Gasteiger partial charge in [0.1, 0.15) is 5.52 Å². The fourth-order valence-corrected chi connectivity index (χ4v) is 3.28. The Balaban J connectivity index is 1.84. The molecule has 1 aromatic carbocycles. The van der Waals surface area contributed by atoms with Crippen LogP contribution in [-0.4, -0.2) is 35.6 Å². The zero-order chi connectivity index (χ0) is 16.7. The van der Waals surface area contributed by atoms with Crippen LogP contribution in [0, 0.1) is 0 Å². The third-order valence-corrected chi connectivity index (χ3v) is 4.64. The van der Waals surface area contributed by atoms with E-state index in [0.717, 1.165) is 36.4 Å². The van der Waals surface area contributed by atoms with Gasteiger partial charge in [-0.25, -0.2) is 0 Å². The monoisotopic (exact) mass is 362 g/mol. The highest BCUT2D eigenvalue weighted by Crippen LogP contribution is 2.34. The SMILES string of the molecule is CC1CNCCN1c1nc2cc(Cl)cc(-c3ccc(Cl)cn3)c2o1. The average Bonchev–Trinajstić information content (AvgIpc) is 2.99. The van der Waals surface area contributed by atoms with Gasteiger partial charge in [0.2, 0.25) is 0 Å². The Labute approximate surface area is 149 Å². The minimum Gasteiger partial charge on any atom is -0.423 e. The molecule has 0 aliphatic carbocycles. The van der Waals surface area contributed by atoms with Crippen molar-refractivity contribution in [2.45, 2.75) is 13.0 Å². The van der Waals surface area contributed by atoms with Crippen LogP contribution in [0.5, 0.6) is 0 Å².